The van der Waals surface area contributed by atoms with E-state index in [4.69, 9.17) is 23.2 Å². The van der Waals surface area contributed by atoms with E-state index >= 15 is 0 Å². The molecule has 1 N–H and O–H groups in total. The minimum Gasteiger partial charge on any atom is -0.321 e. The number of para-hydroxylation sites is 1. The molecular weight excluding hydrogens is 216 g/mol. The van der Waals surface area contributed by atoms with E-state index in [1.165, 1.54) is 0 Å². The molecule has 1 aromatic rings. The van der Waals surface area contributed by atoms with E-state index in [2.05, 4.69) is 5.32 Å². The molecule has 1 rings (SSSR count). The molecule has 0 spiro atoms. The Morgan fingerprint density at radius 2 is 1.92 bits per heavy atom. The number of rotatable bonds is 2. The van der Waals surface area contributed by atoms with Crippen LogP contribution in [0.15, 0.2) is 18.2 Å². The lowest BCUT2D eigenvalue weighted by Crippen LogP contribution is -2.13. The van der Waals surface area contributed by atoms with Gasteiger partial charge in [-0.1, -0.05) is 29.3 Å². The van der Waals surface area contributed by atoms with Crippen LogP contribution in [0.5, 0.6) is 0 Å². The highest BCUT2D eigenvalue weighted by atomic mass is 35.5. The molecular formula is C8H6Cl2FNO. The Kier molecular flexibility index (Phi) is 3.51. The van der Waals surface area contributed by atoms with Crippen molar-refractivity contribution in [2.45, 2.75) is 0 Å². The van der Waals surface area contributed by atoms with Gasteiger partial charge in [0.25, 0.3) is 5.91 Å². The molecule has 0 atom stereocenters. The van der Waals surface area contributed by atoms with Crippen LogP contribution in [0.4, 0.5) is 10.1 Å². The van der Waals surface area contributed by atoms with Gasteiger partial charge in [0.1, 0.15) is 0 Å². The maximum Gasteiger partial charge on any atom is 0.255 e. The average Bonchev–Trinajstić information content (AvgIpc) is 2.11. The predicted molar refractivity (Wildman–Crippen MR) is 51.1 cm³/mol. The number of carbonyl (C=O) groups excluding carboxylic acids is 1. The second-order valence-corrected chi connectivity index (χ2v) is 3.09. The summed E-state index contributed by atoms with van der Waals surface area (Å²) in [6.07, 6.45) is 0. The summed E-state index contributed by atoms with van der Waals surface area (Å²) in [5, 5.41) is 2.82. The Labute approximate surface area is 84.6 Å². The smallest absolute Gasteiger partial charge is 0.255 e. The first-order valence-corrected chi connectivity index (χ1v) is 4.20. The number of halogens is 3. The van der Waals surface area contributed by atoms with Crippen LogP contribution in [0.2, 0.25) is 10.0 Å². The van der Waals surface area contributed by atoms with Crippen molar-refractivity contribution < 1.29 is 9.18 Å². The molecule has 0 bridgehead atoms. The van der Waals surface area contributed by atoms with Crippen molar-refractivity contribution in [2.24, 2.45) is 0 Å². The number of hydrogen-bond donors (Lipinski definition) is 1. The third kappa shape index (κ3) is 2.57. The number of nitrogens with one attached hydrogen (secondary N) is 1. The second-order valence-electron chi connectivity index (χ2n) is 2.28. The molecule has 0 saturated carbocycles. The van der Waals surface area contributed by atoms with Gasteiger partial charge in [0.05, 0.1) is 15.7 Å². The van der Waals surface area contributed by atoms with Crippen LogP contribution >= 0.6 is 23.2 Å². The fourth-order valence-electron chi connectivity index (χ4n) is 0.790. The van der Waals surface area contributed by atoms with Gasteiger partial charge in [0, 0.05) is 0 Å². The summed E-state index contributed by atoms with van der Waals surface area (Å²) in [7, 11) is 0. The SMILES string of the molecule is O=C(CF)Nc1c(Cl)cccc1Cl. The van der Waals surface area contributed by atoms with Crippen LogP contribution in [0.25, 0.3) is 0 Å². The van der Waals surface area contributed by atoms with Crippen molar-refractivity contribution in [1.82, 2.24) is 0 Å². The molecule has 1 aromatic carbocycles. The lowest BCUT2D eigenvalue weighted by Gasteiger charge is -2.06. The molecule has 2 nitrogen and oxygen atoms in total. The summed E-state index contributed by atoms with van der Waals surface area (Å²) in [6.45, 7) is -1.10. The molecule has 0 fully saturated rings. The fourth-order valence-corrected chi connectivity index (χ4v) is 1.28. The van der Waals surface area contributed by atoms with Gasteiger partial charge < -0.3 is 5.32 Å². The molecule has 13 heavy (non-hydrogen) atoms. The van der Waals surface area contributed by atoms with Crippen LogP contribution in [0.3, 0.4) is 0 Å². The number of amides is 1. The largest absolute Gasteiger partial charge is 0.321 e. The van der Waals surface area contributed by atoms with Gasteiger partial charge in [0.2, 0.25) is 0 Å². The van der Waals surface area contributed by atoms with Crippen molar-refractivity contribution in [3.63, 3.8) is 0 Å². The first-order chi connectivity index (χ1) is 6.15. The van der Waals surface area contributed by atoms with E-state index in [0.717, 1.165) is 0 Å². The third-order valence-corrected chi connectivity index (χ3v) is 1.98. The van der Waals surface area contributed by atoms with Gasteiger partial charge in [-0.15, -0.1) is 0 Å². The molecule has 0 aliphatic rings. The van der Waals surface area contributed by atoms with Gasteiger partial charge in [-0.3, -0.25) is 4.79 Å². The number of hydrogen-bond acceptors (Lipinski definition) is 1. The average molecular weight is 222 g/mol. The van der Waals surface area contributed by atoms with Gasteiger partial charge in [-0.25, -0.2) is 4.39 Å². The minimum atomic E-state index is -1.10. The van der Waals surface area contributed by atoms with Crippen LogP contribution in [-0.4, -0.2) is 12.6 Å². The molecule has 5 heteroatoms. The van der Waals surface area contributed by atoms with E-state index in [1.807, 2.05) is 0 Å². The van der Waals surface area contributed by atoms with Crippen LogP contribution in [0, 0.1) is 0 Å². The van der Waals surface area contributed by atoms with Crippen molar-refractivity contribution in [3.05, 3.63) is 28.2 Å². The van der Waals surface area contributed by atoms with Crippen LogP contribution in [0.1, 0.15) is 0 Å². The third-order valence-electron chi connectivity index (χ3n) is 1.35. The Morgan fingerprint density at radius 1 is 1.38 bits per heavy atom. The Balaban J connectivity index is 2.93. The zero-order valence-electron chi connectivity index (χ0n) is 6.48. The summed E-state index contributed by atoms with van der Waals surface area (Å²) in [6, 6.07) is 4.75. The Morgan fingerprint density at radius 3 is 2.38 bits per heavy atom. The Hall–Kier alpha value is -0.800. The van der Waals surface area contributed by atoms with E-state index in [1.54, 1.807) is 18.2 Å². The first kappa shape index (κ1) is 10.3. The zero-order chi connectivity index (χ0) is 9.84. The summed E-state index contributed by atoms with van der Waals surface area (Å²) in [5.74, 6) is -0.769. The molecule has 70 valence electrons. The summed E-state index contributed by atoms with van der Waals surface area (Å²) in [4.78, 5) is 10.7. The van der Waals surface area contributed by atoms with E-state index < -0.39 is 12.6 Å². The highest BCUT2D eigenvalue weighted by Gasteiger charge is 2.08. The van der Waals surface area contributed by atoms with Gasteiger partial charge >= 0.3 is 0 Å². The quantitative estimate of drug-likeness (QED) is 0.818. The molecule has 1 amide bonds. The molecule has 0 saturated heterocycles. The predicted octanol–water partition coefficient (Wildman–Crippen LogP) is 2.90. The minimum absolute atomic E-state index is 0.244. The van der Waals surface area contributed by atoms with Crippen molar-refractivity contribution in [1.29, 1.82) is 0 Å². The number of alkyl halides is 1. The van der Waals surface area contributed by atoms with E-state index in [0.29, 0.717) is 0 Å². The monoisotopic (exact) mass is 221 g/mol. The van der Waals surface area contributed by atoms with E-state index in [-0.39, 0.29) is 15.7 Å². The highest BCUT2D eigenvalue weighted by Crippen LogP contribution is 2.29. The Bertz CT molecular complexity index is 310. The standard InChI is InChI=1S/C8H6Cl2FNO/c9-5-2-1-3-6(10)8(5)12-7(13)4-11/h1-3H,4H2,(H,12,13). The topological polar surface area (TPSA) is 29.1 Å². The lowest BCUT2D eigenvalue weighted by molar-refractivity contribution is -0.117. The molecule has 0 heterocycles. The van der Waals surface area contributed by atoms with E-state index in [9.17, 15) is 9.18 Å². The molecule has 0 aromatic heterocycles. The maximum absolute atomic E-state index is 11.8. The van der Waals surface area contributed by atoms with Crippen molar-refractivity contribution in [3.8, 4) is 0 Å². The van der Waals surface area contributed by atoms with Gasteiger partial charge in [-0.2, -0.15) is 0 Å². The lowest BCUT2D eigenvalue weighted by atomic mass is 10.3. The second kappa shape index (κ2) is 4.44. The van der Waals surface area contributed by atoms with Gasteiger partial charge in [0.15, 0.2) is 6.67 Å². The summed E-state index contributed by atoms with van der Waals surface area (Å²) >= 11 is 11.4. The normalized spacial score (nSPS) is 9.77. The van der Waals surface area contributed by atoms with Crippen molar-refractivity contribution >= 4 is 34.8 Å². The zero-order valence-corrected chi connectivity index (χ0v) is 7.99. The molecule has 0 aliphatic heterocycles. The summed E-state index contributed by atoms with van der Waals surface area (Å²) in [5.41, 5.74) is 0.244. The fraction of sp³-hybridized carbons (Fsp3) is 0.125. The van der Waals surface area contributed by atoms with Gasteiger partial charge in [-0.05, 0) is 12.1 Å². The number of anilines is 1. The van der Waals surface area contributed by atoms with Crippen molar-refractivity contribution in [2.75, 3.05) is 12.0 Å². The van der Waals surface area contributed by atoms with Crippen LogP contribution < -0.4 is 5.32 Å². The molecule has 0 radical (unpaired) electrons. The number of benzene rings is 1. The maximum atomic E-state index is 11.8. The number of carbonyl (C=O) groups is 1. The highest BCUT2D eigenvalue weighted by molar-refractivity contribution is 6.39. The summed E-state index contributed by atoms with van der Waals surface area (Å²) < 4.78 is 11.8. The molecule has 0 unspecified atom stereocenters. The molecule has 0 aliphatic carbocycles. The first-order valence-electron chi connectivity index (χ1n) is 3.45. The van der Waals surface area contributed by atoms with Crippen LogP contribution in [-0.2, 0) is 4.79 Å².